The number of thiophene rings is 1. The molecule has 2 aromatic carbocycles. The minimum absolute atomic E-state index is 0.126. The number of hydrogen-bond donors (Lipinski definition) is 2. The summed E-state index contributed by atoms with van der Waals surface area (Å²) in [6.45, 7) is 4.26. The van der Waals surface area contributed by atoms with Crippen LogP contribution in [0.2, 0.25) is 0 Å². The third kappa shape index (κ3) is 5.78. The van der Waals surface area contributed by atoms with Crippen molar-refractivity contribution in [2.75, 3.05) is 25.5 Å². The SMILES string of the molecule is Cc1cccc(NC(=O)CN(C)CC(=O)N[C@H](c2ccccc2)c2cccs2)c1C. The van der Waals surface area contributed by atoms with Crippen LogP contribution in [0.5, 0.6) is 0 Å². The number of likely N-dealkylation sites (N-methyl/N-ethyl adjacent to an activating group) is 1. The summed E-state index contributed by atoms with van der Waals surface area (Å²) < 4.78 is 0. The first kappa shape index (κ1) is 21.7. The molecule has 5 nitrogen and oxygen atoms in total. The molecule has 0 radical (unpaired) electrons. The zero-order chi connectivity index (χ0) is 21.5. The molecule has 3 rings (SSSR count). The van der Waals surface area contributed by atoms with Crippen LogP contribution < -0.4 is 10.6 Å². The number of rotatable bonds is 8. The summed E-state index contributed by atoms with van der Waals surface area (Å²) in [4.78, 5) is 27.9. The maximum absolute atomic E-state index is 12.7. The molecular formula is C24H27N3O2S. The number of nitrogens with zero attached hydrogens (tertiary/aromatic N) is 1. The number of nitrogens with one attached hydrogen (secondary N) is 2. The summed E-state index contributed by atoms with van der Waals surface area (Å²) >= 11 is 1.61. The van der Waals surface area contributed by atoms with E-state index >= 15 is 0 Å². The van der Waals surface area contributed by atoms with Gasteiger partial charge in [-0.3, -0.25) is 14.5 Å². The van der Waals surface area contributed by atoms with Gasteiger partial charge in [0.1, 0.15) is 0 Å². The standard InChI is InChI=1S/C24H27N3O2S/c1-17-9-7-12-20(18(17)2)25-22(28)15-27(3)16-23(29)26-24(21-13-8-14-30-21)19-10-5-4-6-11-19/h4-14,24H,15-16H2,1-3H3,(H,25,28)(H,26,29)/t24-/m1/s1. The second kappa shape index (κ2) is 10.2. The summed E-state index contributed by atoms with van der Waals surface area (Å²) in [5.74, 6) is -0.267. The van der Waals surface area contributed by atoms with Gasteiger partial charge < -0.3 is 10.6 Å². The van der Waals surface area contributed by atoms with Gasteiger partial charge in [0.05, 0.1) is 19.1 Å². The predicted octanol–water partition coefficient (Wildman–Crippen LogP) is 4.14. The van der Waals surface area contributed by atoms with Gasteiger partial charge in [-0.2, -0.15) is 0 Å². The highest BCUT2D eigenvalue weighted by atomic mass is 32.1. The number of anilines is 1. The van der Waals surface area contributed by atoms with Crippen molar-refractivity contribution in [1.82, 2.24) is 10.2 Å². The van der Waals surface area contributed by atoms with Crippen molar-refractivity contribution in [3.63, 3.8) is 0 Å². The number of benzene rings is 2. The molecule has 0 aliphatic heterocycles. The summed E-state index contributed by atoms with van der Waals surface area (Å²) in [7, 11) is 1.77. The number of aryl methyl sites for hydroxylation is 1. The lowest BCUT2D eigenvalue weighted by Crippen LogP contribution is -2.40. The lowest BCUT2D eigenvalue weighted by atomic mass is 10.1. The third-order valence-corrected chi connectivity index (χ3v) is 5.91. The van der Waals surface area contributed by atoms with Crippen LogP contribution in [-0.4, -0.2) is 36.9 Å². The highest BCUT2D eigenvalue weighted by Gasteiger charge is 2.19. The van der Waals surface area contributed by atoms with Gasteiger partial charge >= 0.3 is 0 Å². The number of carbonyl (C=O) groups excluding carboxylic acids is 2. The van der Waals surface area contributed by atoms with E-state index in [-0.39, 0.29) is 30.9 Å². The van der Waals surface area contributed by atoms with Crippen LogP contribution in [0.25, 0.3) is 0 Å². The van der Waals surface area contributed by atoms with E-state index < -0.39 is 0 Å². The molecule has 0 unspecified atom stereocenters. The van der Waals surface area contributed by atoms with Gasteiger partial charge in [-0.25, -0.2) is 0 Å². The normalized spacial score (nSPS) is 11.9. The lowest BCUT2D eigenvalue weighted by Gasteiger charge is -2.21. The Hall–Kier alpha value is -2.96. The molecule has 0 aliphatic carbocycles. The highest BCUT2D eigenvalue weighted by Crippen LogP contribution is 2.25. The van der Waals surface area contributed by atoms with Crippen LogP contribution in [0.3, 0.4) is 0 Å². The minimum Gasteiger partial charge on any atom is -0.343 e. The van der Waals surface area contributed by atoms with E-state index in [0.29, 0.717) is 0 Å². The molecule has 30 heavy (non-hydrogen) atoms. The molecular weight excluding hydrogens is 394 g/mol. The van der Waals surface area contributed by atoms with E-state index in [1.807, 2.05) is 79.9 Å². The van der Waals surface area contributed by atoms with Gasteiger partial charge in [-0.15, -0.1) is 11.3 Å². The Balaban J connectivity index is 1.58. The van der Waals surface area contributed by atoms with Crippen LogP contribution in [0.4, 0.5) is 5.69 Å². The van der Waals surface area contributed by atoms with E-state index in [2.05, 4.69) is 10.6 Å². The first-order valence-corrected chi connectivity index (χ1v) is 10.7. The maximum Gasteiger partial charge on any atom is 0.238 e. The van der Waals surface area contributed by atoms with Crippen molar-refractivity contribution in [3.05, 3.63) is 87.6 Å². The van der Waals surface area contributed by atoms with Gasteiger partial charge in [0.25, 0.3) is 0 Å². The zero-order valence-corrected chi connectivity index (χ0v) is 18.3. The Morgan fingerprint density at radius 2 is 1.67 bits per heavy atom. The van der Waals surface area contributed by atoms with Gasteiger partial charge in [-0.1, -0.05) is 48.5 Å². The van der Waals surface area contributed by atoms with Crippen LogP contribution in [0.15, 0.2) is 66.0 Å². The Morgan fingerprint density at radius 1 is 0.933 bits per heavy atom. The largest absolute Gasteiger partial charge is 0.343 e. The smallest absolute Gasteiger partial charge is 0.238 e. The van der Waals surface area contributed by atoms with Crippen molar-refractivity contribution in [2.45, 2.75) is 19.9 Å². The van der Waals surface area contributed by atoms with Gasteiger partial charge in [0, 0.05) is 10.6 Å². The first-order chi connectivity index (χ1) is 14.4. The van der Waals surface area contributed by atoms with Crippen molar-refractivity contribution in [1.29, 1.82) is 0 Å². The number of amides is 2. The Kier molecular flexibility index (Phi) is 7.38. The average Bonchev–Trinajstić information content (AvgIpc) is 3.24. The maximum atomic E-state index is 12.7. The number of hydrogen-bond acceptors (Lipinski definition) is 4. The van der Waals surface area contributed by atoms with Crippen molar-refractivity contribution in [3.8, 4) is 0 Å². The topological polar surface area (TPSA) is 61.4 Å². The molecule has 1 atom stereocenters. The molecule has 0 fully saturated rings. The third-order valence-electron chi connectivity index (χ3n) is 4.97. The Bertz CT molecular complexity index is 987. The molecule has 1 aromatic heterocycles. The van der Waals surface area contributed by atoms with E-state index in [9.17, 15) is 9.59 Å². The van der Waals surface area contributed by atoms with E-state index in [0.717, 1.165) is 27.3 Å². The summed E-state index contributed by atoms with van der Waals surface area (Å²) in [5, 5.41) is 8.04. The monoisotopic (exact) mass is 421 g/mol. The summed E-state index contributed by atoms with van der Waals surface area (Å²) in [6, 6.07) is 19.5. The quantitative estimate of drug-likeness (QED) is 0.575. The van der Waals surface area contributed by atoms with E-state index in [1.54, 1.807) is 23.3 Å². The van der Waals surface area contributed by atoms with E-state index in [4.69, 9.17) is 0 Å². The second-order valence-corrected chi connectivity index (χ2v) is 8.37. The fourth-order valence-corrected chi connectivity index (χ4v) is 4.05. The summed E-state index contributed by atoms with van der Waals surface area (Å²) in [6.07, 6.45) is 0. The van der Waals surface area contributed by atoms with Crippen molar-refractivity contribution < 1.29 is 9.59 Å². The first-order valence-electron chi connectivity index (χ1n) is 9.86. The average molecular weight is 422 g/mol. The molecule has 2 N–H and O–H groups in total. The molecule has 156 valence electrons. The predicted molar refractivity (Wildman–Crippen MR) is 123 cm³/mol. The van der Waals surface area contributed by atoms with Crippen LogP contribution >= 0.6 is 11.3 Å². The Labute approximate surface area is 181 Å². The minimum atomic E-state index is -0.198. The van der Waals surface area contributed by atoms with Crippen molar-refractivity contribution in [2.24, 2.45) is 0 Å². The second-order valence-electron chi connectivity index (χ2n) is 7.39. The van der Waals surface area contributed by atoms with Gasteiger partial charge in [-0.05, 0) is 55.1 Å². The molecule has 3 aromatic rings. The van der Waals surface area contributed by atoms with E-state index in [1.165, 1.54) is 0 Å². The fourth-order valence-electron chi connectivity index (χ4n) is 3.25. The highest BCUT2D eigenvalue weighted by molar-refractivity contribution is 7.10. The van der Waals surface area contributed by atoms with Crippen LogP contribution in [0.1, 0.15) is 27.6 Å². The molecule has 6 heteroatoms. The molecule has 0 aliphatic rings. The van der Waals surface area contributed by atoms with Crippen molar-refractivity contribution >= 4 is 28.8 Å². The van der Waals surface area contributed by atoms with Crippen LogP contribution in [-0.2, 0) is 9.59 Å². The van der Waals surface area contributed by atoms with Gasteiger partial charge in [0.2, 0.25) is 11.8 Å². The molecule has 0 saturated heterocycles. The number of carbonyl (C=O) groups is 2. The summed E-state index contributed by atoms with van der Waals surface area (Å²) in [5.41, 5.74) is 4.01. The molecule has 2 amide bonds. The molecule has 0 spiro atoms. The zero-order valence-electron chi connectivity index (χ0n) is 17.5. The fraction of sp³-hybridized carbons (Fsp3) is 0.250. The molecule has 0 saturated carbocycles. The molecule has 0 bridgehead atoms. The lowest BCUT2D eigenvalue weighted by molar-refractivity contribution is -0.123. The van der Waals surface area contributed by atoms with Gasteiger partial charge in [0.15, 0.2) is 0 Å². The Morgan fingerprint density at radius 3 is 2.37 bits per heavy atom. The molecule has 1 heterocycles. The van der Waals surface area contributed by atoms with Crippen LogP contribution in [0, 0.1) is 13.8 Å².